The molecular weight excluding hydrogens is 193 g/mol. The summed E-state index contributed by atoms with van der Waals surface area (Å²) < 4.78 is 3.94. The van der Waals surface area contributed by atoms with Crippen molar-refractivity contribution in [3.05, 3.63) is 5.32 Å². The summed E-state index contributed by atoms with van der Waals surface area (Å²) in [5.41, 5.74) is 0. The summed E-state index contributed by atoms with van der Waals surface area (Å²) in [6, 6.07) is 0.531. The van der Waals surface area contributed by atoms with E-state index in [0.717, 1.165) is 6.54 Å². The SMILES string of the molecule is CC(C)[N]=[Nb].CC[N-]C. The summed E-state index contributed by atoms with van der Waals surface area (Å²) in [5.74, 6) is 0. The predicted octanol–water partition coefficient (Wildman–Crippen LogP) is 2.13. The van der Waals surface area contributed by atoms with Gasteiger partial charge in [-0.2, -0.15) is 13.6 Å². The molecular formula is C6H15N2Nb-. The van der Waals surface area contributed by atoms with Gasteiger partial charge in [0.1, 0.15) is 0 Å². The second-order valence-electron chi connectivity index (χ2n) is 1.84. The van der Waals surface area contributed by atoms with Gasteiger partial charge in [-0.05, 0) is 0 Å². The summed E-state index contributed by atoms with van der Waals surface area (Å²) in [6.45, 7) is 7.09. The van der Waals surface area contributed by atoms with Crippen molar-refractivity contribution >= 4 is 0 Å². The Morgan fingerprint density at radius 3 is 1.78 bits per heavy atom. The Labute approximate surface area is 70.2 Å². The predicted molar refractivity (Wildman–Crippen MR) is 37.4 cm³/mol. The minimum absolute atomic E-state index is 0.531. The fourth-order valence-corrected chi connectivity index (χ4v) is 0. The molecule has 0 aromatic carbocycles. The molecule has 0 aliphatic rings. The van der Waals surface area contributed by atoms with Gasteiger partial charge in [-0.15, -0.1) is 0 Å². The van der Waals surface area contributed by atoms with Crippen LogP contribution in [-0.2, 0) is 20.9 Å². The maximum Gasteiger partial charge on any atom is -0.0844 e. The van der Waals surface area contributed by atoms with E-state index < -0.39 is 0 Å². The van der Waals surface area contributed by atoms with E-state index in [0.29, 0.717) is 6.04 Å². The Hall–Kier alpha value is 0.500. The van der Waals surface area contributed by atoms with Gasteiger partial charge < -0.3 is 5.32 Å². The van der Waals surface area contributed by atoms with Gasteiger partial charge in [-0.3, -0.25) is 0 Å². The zero-order valence-corrected chi connectivity index (χ0v) is 8.82. The summed E-state index contributed by atoms with van der Waals surface area (Å²) >= 11 is 1.53. The van der Waals surface area contributed by atoms with Crippen molar-refractivity contribution in [3.63, 3.8) is 0 Å². The molecule has 0 bridgehead atoms. The van der Waals surface area contributed by atoms with Crippen LogP contribution in [0.25, 0.3) is 5.32 Å². The Morgan fingerprint density at radius 2 is 1.78 bits per heavy atom. The van der Waals surface area contributed by atoms with E-state index >= 15 is 0 Å². The van der Waals surface area contributed by atoms with Crippen LogP contribution in [-0.4, -0.2) is 19.6 Å². The standard InChI is InChI=1S/C3H8N.C3H7N.Nb/c1-3-4-2;1-3(2)4;/h3H2,1-2H3;3H,1-2H3;/q-1;;. The molecule has 0 unspecified atom stereocenters. The molecule has 0 aliphatic carbocycles. The van der Waals surface area contributed by atoms with Crippen molar-refractivity contribution in [3.8, 4) is 0 Å². The number of rotatable bonds is 2. The molecule has 0 fully saturated rings. The molecule has 0 rings (SSSR count). The minimum atomic E-state index is 0.531. The van der Waals surface area contributed by atoms with Crippen LogP contribution in [0.3, 0.4) is 0 Å². The maximum atomic E-state index is 3.94. The number of hydrogen-bond donors (Lipinski definition) is 0. The van der Waals surface area contributed by atoms with Gasteiger partial charge in [0.2, 0.25) is 0 Å². The molecule has 0 amide bonds. The van der Waals surface area contributed by atoms with Gasteiger partial charge in [-0.25, -0.2) is 0 Å². The van der Waals surface area contributed by atoms with Gasteiger partial charge in [0, 0.05) is 0 Å². The fourth-order valence-electron chi connectivity index (χ4n) is 0. The molecule has 9 heavy (non-hydrogen) atoms. The first kappa shape index (κ1) is 12.2. The molecule has 0 aromatic rings. The van der Waals surface area contributed by atoms with Crippen molar-refractivity contribution < 1.29 is 20.9 Å². The van der Waals surface area contributed by atoms with Crippen LogP contribution in [0.4, 0.5) is 0 Å². The van der Waals surface area contributed by atoms with Gasteiger partial charge >= 0.3 is 44.1 Å². The number of nitrogens with zero attached hydrogens (tertiary/aromatic N) is 2. The smallest absolute Gasteiger partial charge is 0.0844 e. The Morgan fingerprint density at radius 1 is 1.56 bits per heavy atom. The molecule has 0 N–H and O–H groups in total. The summed E-state index contributed by atoms with van der Waals surface area (Å²) in [4.78, 5) is 0. The molecule has 0 aliphatic heterocycles. The molecule has 2 nitrogen and oxygen atoms in total. The van der Waals surface area contributed by atoms with Gasteiger partial charge in [0.25, 0.3) is 0 Å². The molecule has 55 valence electrons. The second kappa shape index (κ2) is 11.3. The topological polar surface area (TPSA) is 26.5 Å². The van der Waals surface area contributed by atoms with Crippen LogP contribution < -0.4 is 0 Å². The van der Waals surface area contributed by atoms with Crippen LogP contribution in [0, 0.1) is 0 Å². The van der Waals surface area contributed by atoms with Crippen LogP contribution >= 0.6 is 0 Å². The molecule has 0 atom stereocenters. The zero-order chi connectivity index (χ0) is 7.70. The first-order valence-electron chi connectivity index (χ1n) is 3.08. The minimum Gasteiger partial charge on any atom is -0.665 e. The first-order valence-corrected chi connectivity index (χ1v) is 4.07. The average Bonchev–Trinajstić information content (AvgIpc) is 1.89. The third kappa shape index (κ3) is 29.3. The quantitative estimate of drug-likeness (QED) is 0.621. The van der Waals surface area contributed by atoms with E-state index in [1.54, 1.807) is 7.05 Å². The number of hydrogen-bond acceptors (Lipinski definition) is 1. The second-order valence-corrected chi connectivity index (χ2v) is 2.41. The van der Waals surface area contributed by atoms with E-state index in [-0.39, 0.29) is 0 Å². The Balaban J connectivity index is 0. The third-order valence-corrected chi connectivity index (χ3v) is 1.68. The molecule has 3 heteroatoms. The first-order chi connectivity index (χ1) is 4.18. The summed E-state index contributed by atoms with van der Waals surface area (Å²) in [5, 5.41) is 3.74. The van der Waals surface area contributed by atoms with Crippen molar-refractivity contribution in [2.24, 2.45) is 3.34 Å². The fraction of sp³-hybridized carbons (Fsp3) is 1.00. The van der Waals surface area contributed by atoms with Crippen molar-refractivity contribution in [1.29, 1.82) is 0 Å². The molecule has 0 saturated carbocycles. The van der Waals surface area contributed by atoms with Crippen molar-refractivity contribution in [2.75, 3.05) is 13.6 Å². The Kier molecular flexibility index (Phi) is 15.3. The molecule has 0 heterocycles. The average molecular weight is 208 g/mol. The molecule has 0 spiro atoms. The largest absolute Gasteiger partial charge is 0.665 e. The summed E-state index contributed by atoms with van der Waals surface area (Å²) in [7, 11) is 1.81. The maximum absolute atomic E-state index is 3.94. The monoisotopic (exact) mass is 208 g/mol. The molecule has 0 radical (unpaired) electrons. The van der Waals surface area contributed by atoms with E-state index in [1.807, 2.05) is 6.92 Å². The van der Waals surface area contributed by atoms with Crippen molar-refractivity contribution in [2.45, 2.75) is 26.8 Å². The van der Waals surface area contributed by atoms with Crippen LogP contribution in [0.2, 0.25) is 0 Å². The Bertz CT molecular complexity index is 53.0. The molecule has 0 saturated heterocycles. The van der Waals surface area contributed by atoms with E-state index in [4.69, 9.17) is 0 Å². The van der Waals surface area contributed by atoms with Gasteiger partial charge in [0.15, 0.2) is 0 Å². The van der Waals surface area contributed by atoms with Gasteiger partial charge in [0.05, 0.1) is 0 Å². The van der Waals surface area contributed by atoms with E-state index in [2.05, 4.69) is 22.5 Å². The molecule has 0 aromatic heterocycles. The van der Waals surface area contributed by atoms with Crippen LogP contribution in [0.5, 0.6) is 0 Å². The zero-order valence-electron chi connectivity index (χ0n) is 6.63. The summed E-state index contributed by atoms with van der Waals surface area (Å²) in [6.07, 6.45) is 0. The van der Waals surface area contributed by atoms with Gasteiger partial charge in [-0.1, -0.05) is 6.92 Å². The van der Waals surface area contributed by atoms with E-state index in [9.17, 15) is 0 Å². The van der Waals surface area contributed by atoms with Crippen molar-refractivity contribution in [1.82, 2.24) is 0 Å². The van der Waals surface area contributed by atoms with Crippen LogP contribution in [0.15, 0.2) is 3.34 Å². The normalized spacial score (nSPS) is 8.00. The van der Waals surface area contributed by atoms with Crippen LogP contribution in [0.1, 0.15) is 20.8 Å². The van der Waals surface area contributed by atoms with E-state index in [1.165, 1.54) is 20.9 Å². The third-order valence-electron chi connectivity index (χ3n) is 0.547.